The van der Waals surface area contributed by atoms with Crippen LogP contribution in [0.5, 0.6) is 0 Å². The van der Waals surface area contributed by atoms with Gasteiger partial charge >= 0.3 is 6.18 Å². The summed E-state index contributed by atoms with van der Waals surface area (Å²) >= 11 is 1.39. The average molecular weight is 325 g/mol. The molecule has 1 aliphatic heterocycles. The number of carbonyl (C=O) groups is 1. The average Bonchev–Trinajstić information content (AvgIpc) is 3.06. The molecule has 7 heteroatoms. The summed E-state index contributed by atoms with van der Waals surface area (Å²) in [6, 6.07) is 6.21. The molecule has 2 N–H and O–H groups in total. The first kappa shape index (κ1) is 14.6. The van der Waals surface area contributed by atoms with Crippen LogP contribution in [0.3, 0.4) is 0 Å². The first-order valence-corrected chi connectivity index (χ1v) is 7.22. The van der Waals surface area contributed by atoms with Gasteiger partial charge in [0, 0.05) is 5.56 Å². The second-order valence-electron chi connectivity index (χ2n) is 4.74. The second kappa shape index (κ2) is 5.17. The lowest BCUT2D eigenvalue weighted by molar-refractivity contribution is -0.137. The van der Waals surface area contributed by atoms with Crippen molar-refractivity contribution in [2.75, 3.05) is 0 Å². The van der Waals surface area contributed by atoms with E-state index in [2.05, 4.69) is 0 Å². The van der Waals surface area contributed by atoms with Crippen molar-refractivity contribution >= 4 is 22.7 Å². The highest BCUT2D eigenvalue weighted by molar-refractivity contribution is 7.08. The fourth-order valence-electron chi connectivity index (χ4n) is 2.27. The highest BCUT2D eigenvalue weighted by atomic mass is 32.1. The zero-order chi connectivity index (χ0) is 15.9. The molecule has 0 saturated carbocycles. The number of carbonyl (C=O) groups excluding carboxylic acids is 1. The summed E-state index contributed by atoms with van der Waals surface area (Å²) in [5.74, 6) is -0.587. The Morgan fingerprint density at radius 3 is 2.64 bits per heavy atom. The molecule has 2 heterocycles. The minimum Gasteiger partial charge on any atom is -0.462 e. The Morgan fingerprint density at radius 2 is 2.00 bits per heavy atom. The summed E-state index contributed by atoms with van der Waals surface area (Å²) in [4.78, 5) is 12.4. The van der Waals surface area contributed by atoms with E-state index in [-0.39, 0.29) is 17.0 Å². The number of Topliss-reactive ketones (excluding diaryl/α,β-unsaturated/α-hetero) is 1. The molecule has 0 saturated heterocycles. The van der Waals surface area contributed by atoms with Crippen molar-refractivity contribution < 1.29 is 22.7 Å². The SMILES string of the molecule is NC1=C(c2cccc(C(F)(F)F)c2)C(=O)C(c2ccsc2)O1. The van der Waals surface area contributed by atoms with Crippen LogP contribution >= 0.6 is 11.3 Å². The fraction of sp³-hybridized carbons (Fsp3) is 0.133. The number of halogens is 3. The Bertz CT molecular complexity index is 750. The van der Waals surface area contributed by atoms with Crippen molar-refractivity contribution in [2.24, 2.45) is 5.73 Å². The monoisotopic (exact) mass is 325 g/mol. The first-order chi connectivity index (χ1) is 10.4. The molecule has 1 atom stereocenters. The molecule has 0 aliphatic carbocycles. The molecule has 1 aliphatic rings. The van der Waals surface area contributed by atoms with E-state index >= 15 is 0 Å². The molecule has 1 unspecified atom stereocenters. The molecule has 0 amide bonds. The summed E-state index contributed by atoms with van der Waals surface area (Å²) < 4.78 is 43.7. The van der Waals surface area contributed by atoms with E-state index in [0.29, 0.717) is 5.56 Å². The highest BCUT2D eigenvalue weighted by Gasteiger charge is 2.37. The Hall–Kier alpha value is -2.28. The summed E-state index contributed by atoms with van der Waals surface area (Å²) in [5.41, 5.74) is 5.61. The van der Waals surface area contributed by atoms with E-state index in [1.54, 1.807) is 16.8 Å². The van der Waals surface area contributed by atoms with Crippen molar-refractivity contribution in [1.29, 1.82) is 0 Å². The maximum absolute atomic E-state index is 12.8. The molecule has 22 heavy (non-hydrogen) atoms. The van der Waals surface area contributed by atoms with Crippen LogP contribution in [0.2, 0.25) is 0 Å². The predicted molar refractivity (Wildman–Crippen MR) is 75.7 cm³/mol. The van der Waals surface area contributed by atoms with E-state index in [0.717, 1.165) is 12.1 Å². The molecule has 1 aromatic carbocycles. The van der Waals surface area contributed by atoms with Crippen molar-refractivity contribution in [3.05, 3.63) is 63.7 Å². The second-order valence-corrected chi connectivity index (χ2v) is 5.52. The van der Waals surface area contributed by atoms with Gasteiger partial charge in [0.25, 0.3) is 0 Å². The number of ketones is 1. The Labute approximate surface area is 127 Å². The lowest BCUT2D eigenvalue weighted by atomic mass is 9.97. The van der Waals surface area contributed by atoms with Gasteiger partial charge in [-0.25, -0.2) is 0 Å². The van der Waals surface area contributed by atoms with Gasteiger partial charge in [0.05, 0.1) is 11.1 Å². The topological polar surface area (TPSA) is 52.3 Å². The molecule has 0 spiro atoms. The summed E-state index contributed by atoms with van der Waals surface area (Å²) in [6.07, 6.45) is -5.38. The maximum Gasteiger partial charge on any atom is 0.416 e. The van der Waals surface area contributed by atoms with Crippen LogP contribution in [0.4, 0.5) is 13.2 Å². The minimum atomic E-state index is -4.49. The van der Waals surface area contributed by atoms with Crippen LogP contribution in [-0.4, -0.2) is 5.78 Å². The van der Waals surface area contributed by atoms with Crippen molar-refractivity contribution in [3.63, 3.8) is 0 Å². The molecule has 114 valence electrons. The number of thiophene rings is 1. The number of nitrogens with two attached hydrogens (primary N) is 1. The third-order valence-corrected chi connectivity index (χ3v) is 4.00. The van der Waals surface area contributed by atoms with Gasteiger partial charge in [-0.15, -0.1) is 0 Å². The Morgan fingerprint density at radius 1 is 1.23 bits per heavy atom. The van der Waals surface area contributed by atoms with Crippen LogP contribution < -0.4 is 5.73 Å². The molecule has 0 bridgehead atoms. The minimum absolute atomic E-state index is 0.0118. The highest BCUT2D eigenvalue weighted by Crippen LogP contribution is 2.38. The maximum atomic E-state index is 12.8. The van der Waals surface area contributed by atoms with Crippen LogP contribution in [0.15, 0.2) is 47.0 Å². The van der Waals surface area contributed by atoms with E-state index < -0.39 is 23.6 Å². The molecule has 0 radical (unpaired) electrons. The molecule has 3 rings (SSSR count). The number of benzene rings is 1. The van der Waals surface area contributed by atoms with Crippen molar-refractivity contribution in [1.82, 2.24) is 0 Å². The number of alkyl halides is 3. The van der Waals surface area contributed by atoms with E-state index in [1.807, 2.05) is 0 Å². The number of hydrogen-bond donors (Lipinski definition) is 1. The van der Waals surface area contributed by atoms with Gasteiger partial charge in [-0.1, -0.05) is 12.1 Å². The Kier molecular flexibility index (Phi) is 3.44. The molecular weight excluding hydrogens is 315 g/mol. The van der Waals surface area contributed by atoms with E-state index in [4.69, 9.17) is 10.5 Å². The van der Waals surface area contributed by atoms with Gasteiger partial charge in [0.15, 0.2) is 12.0 Å². The van der Waals surface area contributed by atoms with Crippen molar-refractivity contribution in [2.45, 2.75) is 12.3 Å². The zero-order valence-corrected chi connectivity index (χ0v) is 11.9. The predicted octanol–water partition coefficient (Wildman–Crippen LogP) is 3.73. The van der Waals surface area contributed by atoms with E-state index in [1.165, 1.54) is 23.5 Å². The summed E-state index contributed by atoms with van der Waals surface area (Å²) in [7, 11) is 0. The third kappa shape index (κ3) is 2.48. The van der Waals surface area contributed by atoms with Crippen LogP contribution in [-0.2, 0) is 15.7 Å². The number of ether oxygens (including phenoxy) is 1. The lowest BCUT2D eigenvalue weighted by Gasteiger charge is -2.09. The lowest BCUT2D eigenvalue weighted by Crippen LogP contribution is -2.09. The first-order valence-electron chi connectivity index (χ1n) is 6.28. The van der Waals surface area contributed by atoms with Gasteiger partial charge < -0.3 is 10.5 Å². The molecular formula is C15H10F3NO2S. The number of hydrogen-bond acceptors (Lipinski definition) is 4. The largest absolute Gasteiger partial charge is 0.462 e. The fourth-order valence-corrected chi connectivity index (χ4v) is 2.94. The van der Waals surface area contributed by atoms with Crippen LogP contribution in [0, 0.1) is 0 Å². The molecule has 1 aromatic heterocycles. The smallest absolute Gasteiger partial charge is 0.416 e. The van der Waals surface area contributed by atoms with Gasteiger partial charge in [0.2, 0.25) is 5.78 Å². The van der Waals surface area contributed by atoms with Crippen LogP contribution in [0.1, 0.15) is 22.8 Å². The normalized spacial score (nSPS) is 18.7. The number of rotatable bonds is 2. The summed E-state index contributed by atoms with van der Waals surface area (Å²) in [6.45, 7) is 0. The molecule has 2 aromatic rings. The van der Waals surface area contributed by atoms with Crippen molar-refractivity contribution in [3.8, 4) is 0 Å². The quantitative estimate of drug-likeness (QED) is 0.915. The standard InChI is InChI=1S/C15H10F3NO2S/c16-15(17,18)10-3-1-2-8(6-10)11-12(20)13(21-14(11)19)9-4-5-22-7-9/h1-7,13H,19H2. The Balaban J connectivity index is 1.98. The van der Waals surface area contributed by atoms with E-state index in [9.17, 15) is 18.0 Å². The summed E-state index contributed by atoms with van der Waals surface area (Å²) in [5, 5.41) is 3.52. The molecule has 0 fully saturated rings. The third-order valence-electron chi connectivity index (χ3n) is 3.30. The van der Waals surface area contributed by atoms with Gasteiger partial charge in [-0.2, -0.15) is 24.5 Å². The van der Waals surface area contributed by atoms with Gasteiger partial charge in [-0.05, 0) is 34.5 Å². The van der Waals surface area contributed by atoms with Crippen LogP contribution in [0.25, 0.3) is 5.57 Å². The van der Waals surface area contributed by atoms with Gasteiger partial charge in [-0.3, -0.25) is 4.79 Å². The van der Waals surface area contributed by atoms with Gasteiger partial charge in [0.1, 0.15) is 0 Å². The zero-order valence-electron chi connectivity index (χ0n) is 11.1. The molecule has 3 nitrogen and oxygen atoms in total.